The van der Waals surface area contributed by atoms with Gasteiger partial charge in [-0.05, 0) is 44.7 Å². The summed E-state index contributed by atoms with van der Waals surface area (Å²) < 4.78 is 5.83. The number of aryl methyl sites for hydroxylation is 2. The van der Waals surface area contributed by atoms with E-state index in [1.54, 1.807) is 0 Å². The van der Waals surface area contributed by atoms with Crippen molar-refractivity contribution in [2.75, 3.05) is 0 Å². The highest BCUT2D eigenvalue weighted by atomic mass is 35.5. The first kappa shape index (κ1) is 11.9. The molecular formula is C14H19ClO. The second-order valence-electron chi connectivity index (χ2n) is 4.82. The fourth-order valence-electron chi connectivity index (χ4n) is 2.38. The molecule has 1 fully saturated rings. The topological polar surface area (TPSA) is 9.23 Å². The van der Waals surface area contributed by atoms with Crippen molar-refractivity contribution >= 4 is 11.6 Å². The van der Waals surface area contributed by atoms with Crippen LogP contribution in [-0.2, 0) is 4.74 Å². The predicted octanol–water partition coefficient (Wildman–Crippen LogP) is 4.15. The Morgan fingerprint density at radius 2 is 2.06 bits per heavy atom. The maximum atomic E-state index is 6.51. The lowest BCUT2D eigenvalue weighted by Gasteiger charge is -2.20. The van der Waals surface area contributed by atoms with Crippen molar-refractivity contribution in [1.29, 1.82) is 0 Å². The van der Waals surface area contributed by atoms with Gasteiger partial charge in [-0.15, -0.1) is 11.6 Å². The fraction of sp³-hybridized carbons (Fsp3) is 0.571. The van der Waals surface area contributed by atoms with Crippen LogP contribution in [0.25, 0.3) is 0 Å². The van der Waals surface area contributed by atoms with Crippen LogP contribution in [0.5, 0.6) is 0 Å². The van der Waals surface area contributed by atoms with Gasteiger partial charge in [0.15, 0.2) is 0 Å². The Morgan fingerprint density at radius 1 is 1.31 bits per heavy atom. The lowest BCUT2D eigenvalue weighted by molar-refractivity contribution is 0.0532. The largest absolute Gasteiger partial charge is 0.373 e. The van der Waals surface area contributed by atoms with Crippen LogP contribution in [0.15, 0.2) is 18.2 Å². The minimum Gasteiger partial charge on any atom is -0.373 e. The average molecular weight is 239 g/mol. The molecule has 2 rings (SSSR count). The van der Waals surface area contributed by atoms with Crippen molar-refractivity contribution in [2.24, 2.45) is 0 Å². The molecule has 1 aliphatic rings. The van der Waals surface area contributed by atoms with Crippen molar-refractivity contribution in [3.63, 3.8) is 0 Å². The van der Waals surface area contributed by atoms with E-state index in [9.17, 15) is 0 Å². The van der Waals surface area contributed by atoms with E-state index in [-0.39, 0.29) is 11.5 Å². The average Bonchev–Trinajstić information content (AvgIpc) is 2.64. The van der Waals surface area contributed by atoms with E-state index >= 15 is 0 Å². The summed E-state index contributed by atoms with van der Waals surface area (Å²) in [6, 6.07) is 6.44. The van der Waals surface area contributed by atoms with E-state index in [1.807, 2.05) is 0 Å². The summed E-state index contributed by atoms with van der Waals surface area (Å²) in [6.45, 7) is 6.34. The predicted molar refractivity (Wildman–Crippen MR) is 68.1 cm³/mol. The number of hydrogen-bond acceptors (Lipinski definition) is 1. The Morgan fingerprint density at radius 3 is 2.62 bits per heavy atom. The van der Waals surface area contributed by atoms with E-state index in [4.69, 9.17) is 16.3 Å². The van der Waals surface area contributed by atoms with Crippen molar-refractivity contribution in [3.05, 3.63) is 34.9 Å². The first-order valence-electron chi connectivity index (χ1n) is 5.94. The molecule has 0 aromatic heterocycles. The molecule has 1 aliphatic heterocycles. The van der Waals surface area contributed by atoms with Gasteiger partial charge in [-0.1, -0.05) is 23.8 Å². The minimum atomic E-state index is -0.00875. The Balaban J connectivity index is 2.17. The highest BCUT2D eigenvalue weighted by Crippen LogP contribution is 2.36. The van der Waals surface area contributed by atoms with E-state index in [0.29, 0.717) is 6.10 Å². The van der Waals surface area contributed by atoms with Gasteiger partial charge in [0, 0.05) is 0 Å². The maximum absolute atomic E-state index is 6.51. The molecule has 1 aromatic carbocycles. The van der Waals surface area contributed by atoms with Gasteiger partial charge in [0.1, 0.15) is 0 Å². The van der Waals surface area contributed by atoms with E-state index < -0.39 is 0 Å². The van der Waals surface area contributed by atoms with Gasteiger partial charge >= 0.3 is 0 Å². The molecule has 0 saturated carbocycles. The summed E-state index contributed by atoms with van der Waals surface area (Å²) >= 11 is 6.51. The summed E-state index contributed by atoms with van der Waals surface area (Å²) in [7, 11) is 0. The highest BCUT2D eigenvalue weighted by molar-refractivity contribution is 6.21. The number of hydrogen-bond donors (Lipinski definition) is 0. The number of benzene rings is 1. The Hall–Kier alpha value is -0.530. The zero-order chi connectivity index (χ0) is 11.7. The molecule has 88 valence electrons. The molecule has 1 saturated heterocycles. The van der Waals surface area contributed by atoms with Crippen molar-refractivity contribution in [1.82, 2.24) is 0 Å². The van der Waals surface area contributed by atoms with Crippen LogP contribution in [-0.4, -0.2) is 12.2 Å². The van der Waals surface area contributed by atoms with Gasteiger partial charge in [-0.3, -0.25) is 0 Å². The van der Waals surface area contributed by atoms with Crippen LogP contribution >= 0.6 is 11.6 Å². The van der Waals surface area contributed by atoms with Gasteiger partial charge in [0.2, 0.25) is 0 Å². The molecule has 0 amide bonds. The van der Waals surface area contributed by atoms with Crippen LogP contribution in [0.1, 0.15) is 41.8 Å². The van der Waals surface area contributed by atoms with Gasteiger partial charge in [0.05, 0.1) is 17.6 Å². The van der Waals surface area contributed by atoms with E-state index in [0.717, 1.165) is 12.8 Å². The summed E-state index contributed by atoms with van der Waals surface area (Å²) in [4.78, 5) is 0. The van der Waals surface area contributed by atoms with Gasteiger partial charge < -0.3 is 4.74 Å². The third-order valence-electron chi connectivity index (χ3n) is 3.31. The Bertz CT molecular complexity index is 375. The smallest absolute Gasteiger partial charge is 0.0849 e. The molecule has 3 unspecified atom stereocenters. The minimum absolute atomic E-state index is 0.00875. The Kier molecular flexibility index (Phi) is 3.56. The molecule has 1 nitrogen and oxygen atoms in total. The molecule has 0 N–H and O–H groups in total. The SMILES string of the molecule is Cc1ccc(C(Cl)C2CCC(C)O2)c(C)c1. The monoisotopic (exact) mass is 238 g/mol. The van der Waals surface area contributed by atoms with Crippen molar-refractivity contribution in [3.8, 4) is 0 Å². The van der Waals surface area contributed by atoms with Crippen LogP contribution in [0.3, 0.4) is 0 Å². The lowest BCUT2D eigenvalue weighted by atomic mass is 9.99. The van der Waals surface area contributed by atoms with Gasteiger partial charge in [-0.2, -0.15) is 0 Å². The van der Waals surface area contributed by atoms with Crippen LogP contribution in [0.4, 0.5) is 0 Å². The molecule has 1 aromatic rings. The standard InChI is InChI=1S/C14H19ClO/c1-9-4-6-12(10(2)8-9)14(15)13-7-5-11(3)16-13/h4,6,8,11,13-14H,5,7H2,1-3H3. The van der Waals surface area contributed by atoms with Crippen LogP contribution in [0, 0.1) is 13.8 Å². The van der Waals surface area contributed by atoms with Crippen LogP contribution in [0.2, 0.25) is 0 Å². The zero-order valence-corrected chi connectivity index (χ0v) is 10.9. The summed E-state index contributed by atoms with van der Waals surface area (Å²) in [5.41, 5.74) is 3.76. The summed E-state index contributed by atoms with van der Waals surface area (Å²) in [6.07, 6.45) is 2.73. The molecule has 16 heavy (non-hydrogen) atoms. The first-order chi connectivity index (χ1) is 7.58. The molecule has 2 heteroatoms. The van der Waals surface area contributed by atoms with Gasteiger partial charge in [0.25, 0.3) is 0 Å². The quantitative estimate of drug-likeness (QED) is 0.704. The number of rotatable bonds is 2. The third kappa shape index (κ3) is 2.41. The molecular weight excluding hydrogens is 220 g/mol. The molecule has 0 bridgehead atoms. The van der Waals surface area contributed by atoms with E-state index in [1.165, 1.54) is 16.7 Å². The number of alkyl halides is 1. The number of ether oxygens (including phenoxy) is 1. The molecule has 0 radical (unpaired) electrons. The highest BCUT2D eigenvalue weighted by Gasteiger charge is 2.29. The molecule has 0 aliphatic carbocycles. The van der Waals surface area contributed by atoms with Crippen molar-refractivity contribution < 1.29 is 4.74 Å². The lowest BCUT2D eigenvalue weighted by Crippen LogP contribution is -2.15. The second-order valence-corrected chi connectivity index (χ2v) is 5.29. The summed E-state index contributed by atoms with van der Waals surface area (Å²) in [5, 5.41) is -0.00875. The maximum Gasteiger partial charge on any atom is 0.0849 e. The Labute approximate surface area is 103 Å². The normalized spacial score (nSPS) is 27.0. The third-order valence-corrected chi connectivity index (χ3v) is 3.83. The first-order valence-corrected chi connectivity index (χ1v) is 6.38. The molecule has 0 spiro atoms. The number of halogens is 1. The molecule has 1 heterocycles. The fourth-order valence-corrected chi connectivity index (χ4v) is 2.81. The second kappa shape index (κ2) is 4.77. The van der Waals surface area contributed by atoms with Gasteiger partial charge in [-0.25, -0.2) is 0 Å². The summed E-state index contributed by atoms with van der Waals surface area (Å²) in [5.74, 6) is 0. The zero-order valence-electron chi connectivity index (χ0n) is 10.2. The van der Waals surface area contributed by atoms with Crippen molar-refractivity contribution in [2.45, 2.75) is 51.2 Å². The molecule has 3 atom stereocenters. The van der Waals surface area contributed by atoms with Crippen LogP contribution < -0.4 is 0 Å². The van der Waals surface area contributed by atoms with E-state index in [2.05, 4.69) is 39.0 Å².